The molecule has 1 spiro atoms. The van der Waals surface area contributed by atoms with Crippen LogP contribution >= 0.6 is 0 Å². The van der Waals surface area contributed by atoms with Crippen LogP contribution in [0, 0.1) is 16.7 Å². The van der Waals surface area contributed by atoms with Crippen LogP contribution in [0.15, 0.2) is 0 Å². The largest absolute Gasteiger partial charge is 0.381 e. The fourth-order valence-electron chi connectivity index (χ4n) is 3.00. The highest BCUT2D eigenvalue weighted by molar-refractivity contribution is 5.05. The van der Waals surface area contributed by atoms with Crippen LogP contribution in [0.1, 0.15) is 46.5 Å². The van der Waals surface area contributed by atoms with Gasteiger partial charge in [-0.1, -0.05) is 20.8 Å². The first-order valence-electron chi connectivity index (χ1n) is 5.48. The molecule has 0 heterocycles. The lowest BCUT2D eigenvalue weighted by Crippen LogP contribution is -2.53. The number of methoxy groups -OCH3 is 1. The molecule has 0 aromatic carbocycles. The van der Waals surface area contributed by atoms with Crippen molar-refractivity contribution in [2.45, 2.75) is 52.6 Å². The lowest BCUT2D eigenvalue weighted by Gasteiger charge is -2.60. The molecule has 13 heavy (non-hydrogen) atoms. The zero-order chi connectivity index (χ0) is 9.69. The fraction of sp³-hybridized carbons (Fsp3) is 1.00. The third-order valence-corrected chi connectivity index (χ3v) is 4.24. The molecule has 2 aliphatic rings. The van der Waals surface area contributed by atoms with Crippen LogP contribution in [0.4, 0.5) is 0 Å². The summed E-state index contributed by atoms with van der Waals surface area (Å²) in [5.74, 6) is 0.963. The minimum atomic E-state index is 0.531. The van der Waals surface area contributed by atoms with Gasteiger partial charge >= 0.3 is 0 Å². The van der Waals surface area contributed by atoms with Crippen molar-refractivity contribution in [2.75, 3.05) is 7.11 Å². The molecule has 0 unspecified atom stereocenters. The predicted octanol–water partition coefficient (Wildman–Crippen LogP) is 3.24. The summed E-state index contributed by atoms with van der Waals surface area (Å²) in [7, 11) is 1.84. The maximum Gasteiger partial charge on any atom is 0.0582 e. The fourth-order valence-corrected chi connectivity index (χ4v) is 3.00. The van der Waals surface area contributed by atoms with Crippen molar-refractivity contribution in [2.24, 2.45) is 16.7 Å². The van der Waals surface area contributed by atoms with Gasteiger partial charge in [0.15, 0.2) is 0 Å². The van der Waals surface area contributed by atoms with E-state index in [9.17, 15) is 0 Å². The number of ether oxygens (including phenoxy) is 1. The number of hydrogen-bond donors (Lipinski definition) is 0. The first-order chi connectivity index (χ1) is 5.95. The molecule has 2 fully saturated rings. The van der Waals surface area contributed by atoms with Gasteiger partial charge in [-0.3, -0.25) is 0 Å². The Morgan fingerprint density at radius 1 is 1.08 bits per heavy atom. The number of hydrogen-bond acceptors (Lipinski definition) is 1. The van der Waals surface area contributed by atoms with Gasteiger partial charge in [-0.05, 0) is 42.4 Å². The van der Waals surface area contributed by atoms with Crippen LogP contribution < -0.4 is 0 Å². The van der Waals surface area contributed by atoms with Gasteiger partial charge in [-0.15, -0.1) is 0 Å². The highest BCUT2D eigenvalue weighted by atomic mass is 16.5. The molecule has 1 heteroatoms. The maximum absolute atomic E-state index is 5.34. The Balaban J connectivity index is 1.80. The average molecular weight is 182 g/mol. The summed E-state index contributed by atoms with van der Waals surface area (Å²) in [6.07, 6.45) is 6.15. The first-order valence-corrected chi connectivity index (χ1v) is 5.48. The quantitative estimate of drug-likeness (QED) is 0.605. The third-order valence-electron chi connectivity index (χ3n) is 4.24. The summed E-state index contributed by atoms with van der Waals surface area (Å²) in [5.41, 5.74) is 1.25. The van der Waals surface area contributed by atoms with Gasteiger partial charge < -0.3 is 4.74 Å². The molecule has 0 amide bonds. The Morgan fingerprint density at radius 2 is 1.62 bits per heavy atom. The molecule has 0 aromatic rings. The summed E-state index contributed by atoms with van der Waals surface area (Å²) in [6.45, 7) is 7.12. The zero-order valence-corrected chi connectivity index (χ0v) is 9.39. The van der Waals surface area contributed by atoms with E-state index in [1.807, 2.05) is 7.11 Å². The molecular weight excluding hydrogens is 160 g/mol. The average Bonchev–Trinajstić information content (AvgIpc) is 1.78. The molecule has 0 aliphatic heterocycles. The molecule has 0 saturated heterocycles. The van der Waals surface area contributed by atoms with Crippen molar-refractivity contribution in [1.82, 2.24) is 0 Å². The highest BCUT2D eigenvalue weighted by Crippen LogP contribution is 2.63. The van der Waals surface area contributed by atoms with E-state index in [2.05, 4.69) is 20.8 Å². The van der Waals surface area contributed by atoms with Crippen LogP contribution in [0.25, 0.3) is 0 Å². The lowest BCUT2D eigenvalue weighted by molar-refractivity contribution is -0.146. The van der Waals surface area contributed by atoms with Gasteiger partial charge in [0.1, 0.15) is 0 Å². The molecule has 0 radical (unpaired) electrons. The van der Waals surface area contributed by atoms with E-state index in [0.29, 0.717) is 11.5 Å². The summed E-state index contributed by atoms with van der Waals surface area (Å²) in [4.78, 5) is 0. The SMILES string of the molecule is COC1CC2(C1)CC(C(C)(C)C)C2. The van der Waals surface area contributed by atoms with Crippen molar-refractivity contribution >= 4 is 0 Å². The van der Waals surface area contributed by atoms with Gasteiger partial charge in [0.05, 0.1) is 6.10 Å². The summed E-state index contributed by atoms with van der Waals surface area (Å²) in [5, 5.41) is 0. The minimum absolute atomic E-state index is 0.531. The molecule has 0 bridgehead atoms. The molecular formula is C12H22O. The second-order valence-corrected chi connectivity index (χ2v) is 6.24. The summed E-state index contributed by atoms with van der Waals surface area (Å²) in [6, 6.07) is 0. The van der Waals surface area contributed by atoms with Gasteiger partial charge in [0.2, 0.25) is 0 Å². The Labute approximate surface area is 81.9 Å². The topological polar surface area (TPSA) is 9.23 Å². The van der Waals surface area contributed by atoms with Crippen LogP contribution in [-0.4, -0.2) is 13.2 Å². The first kappa shape index (κ1) is 9.51. The normalized spacial score (nSPS) is 44.3. The minimum Gasteiger partial charge on any atom is -0.381 e. The Kier molecular flexibility index (Phi) is 1.99. The number of rotatable bonds is 1. The van der Waals surface area contributed by atoms with Crippen LogP contribution in [0.2, 0.25) is 0 Å². The highest BCUT2D eigenvalue weighted by Gasteiger charge is 2.55. The zero-order valence-electron chi connectivity index (χ0n) is 9.39. The van der Waals surface area contributed by atoms with Crippen molar-refractivity contribution in [3.05, 3.63) is 0 Å². The second kappa shape index (κ2) is 2.73. The molecule has 0 aromatic heterocycles. The van der Waals surface area contributed by atoms with E-state index in [-0.39, 0.29) is 0 Å². The van der Waals surface area contributed by atoms with Gasteiger partial charge in [0.25, 0.3) is 0 Å². The maximum atomic E-state index is 5.34. The molecule has 1 nitrogen and oxygen atoms in total. The molecule has 76 valence electrons. The van der Waals surface area contributed by atoms with Crippen molar-refractivity contribution < 1.29 is 4.74 Å². The van der Waals surface area contributed by atoms with Crippen molar-refractivity contribution in [3.8, 4) is 0 Å². The van der Waals surface area contributed by atoms with Gasteiger partial charge in [-0.2, -0.15) is 0 Å². The van der Waals surface area contributed by atoms with Crippen molar-refractivity contribution in [3.63, 3.8) is 0 Å². The Morgan fingerprint density at radius 3 is 2.00 bits per heavy atom. The van der Waals surface area contributed by atoms with Crippen LogP contribution in [0.3, 0.4) is 0 Å². The van der Waals surface area contributed by atoms with Gasteiger partial charge in [0, 0.05) is 7.11 Å². The van der Waals surface area contributed by atoms with E-state index in [4.69, 9.17) is 4.74 Å². The lowest BCUT2D eigenvalue weighted by atomic mass is 9.46. The van der Waals surface area contributed by atoms with Crippen LogP contribution in [0.5, 0.6) is 0 Å². The van der Waals surface area contributed by atoms with Gasteiger partial charge in [-0.25, -0.2) is 0 Å². The van der Waals surface area contributed by atoms with E-state index in [1.165, 1.54) is 25.7 Å². The summed E-state index contributed by atoms with van der Waals surface area (Å²) < 4.78 is 5.34. The van der Waals surface area contributed by atoms with Crippen molar-refractivity contribution in [1.29, 1.82) is 0 Å². The van der Waals surface area contributed by atoms with E-state index < -0.39 is 0 Å². The van der Waals surface area contributed by atoms with E-state index >= 15 is 0 Å². The van der Waals surface area contributed by atoms with E-state index in [1.54, 1.807) is 0 Å². The van der Waals surface area contributed by atoms with E-state index in [0.717, 1.165) is 11.3 Å². The molecule has 2 saturated carbocycles. The third kappa shape index (κ3) is 1.52. The Hall–Kier alpha value is -0.0400. The standard InChI is InChI=1S/C12H22O/c1-11(2,3)9-5-12(6-9)7-10(8-12)13-4/h9-10H,5-8H2,1-4H3. The van der Waals surface area contributed by atoms with Crippen LogP contribution in [-0.2, 0) is 4.74 Å². The summed E-state index contributed by atoms with van der Waals surface area (Å²) >= 11 is 0. The molecule has 0 N–H and O–H groups in total. The monoisotopic (exact) mass is 182 g/mol. The smallest absolute Gasteiger partial charge is 0.0582 e. The molecule has 2 rings (SSSR count). The molecule has 0 atom stereocenters. The molecule has 2 aliphatic carbocycles. The second-order valence-electron chi connectivity index (χ2n) is 6.24. The predicted molar refractivity (Wildman–Crippen MR) is 54.6 cm³/mol. The Bertz CT molecular complexity index is 188.